The number of nitrogens with one attached hydrogen (secondary N) is 1. The first-order valence-electron chi connectivity index (χ1n) is 7.40. The third kappa shape index (κ3) is 5.37. The molecule has 0 fully saturated rings. The minimum Gasteiger partial charge on any atom is -0.478 e. The SMILES string of the molecule is COc1nc(SCCN(C)C)cnc1NS(=O)(=O)c1cccc(Cl)c1Cl. The van der Waals surface area contributed by atoms with Crippen molar-refractivity contribution in [3.05, 3.63) is 34.4 Å². The maximum atomic E-state index is 12.6. The van der Waals surface area contributed by atoms with E-state index >= 15 is 0 Å². The summed E-state index contributed by atoms with van der Waals surface area (Å²) in [5.74, 6) is 0.857. The first-order chi connectivity index (χ1) is 12.2. The zero-order valence-corrected chi connectivity index (χ0v) is 17.5. The summed E-state index contributed by atoms with van der Waals surface area (Å²) in [6.07, 6.45) is 1.49. The second-order valence-corrected chi connectivity index (χ2v) is 8.93. The Hall–Kier alpha value is -1.26. The van der Waals surface area contributed by atoms with Crippen molar-refractivity contribution in [2.24, 2.45) is 0 Å². The molecule has 1 heterocycles. The van der Waals surface area contributed by atoms with Gasteiger partial charge in [-0.05, 0) is 26.2 Å². The molecule has 0 bridgehead atoms. The van der Waals surface area contributed by atoms with Crippen LogP contribution in [0.5, 0.6) is 5.88 Å². The van der Waals surface area contributed by atoms with Crippen LogP contribution in [0, 0.1) is 0 Å². The molecule has 0 saturated heterocycles. The molecule has 142 valence electrons. The minimum atomic E-state index is -4.00. The Morgan fingerprint density at radius 1 is 1.31 bits per heavy atom. The van der Waals surface area contributed by atoms with Gasteiger partial charge in [0.2, 0.25) is 5.82 Å². The van der Waals surface area contributed by atoms with E-state index in [2.05, 4.69) is 19.6 Å². The fourth-order valence-corrected chi connectivity index (χ4v) is 4.56. The molecule has 0 radical (unpaired) electrons. The first-order valence-corrected chi connectivity index (χ1v) is 10.6. The van der Waals surface area contributed by atoms with Crippen LogP contribution < -0.4 is 9.46 Å². The van der Waals surface area contributed by atoms with Crippen LogP contribution in [0.3, 0.4) is 0 Å². The van der Waals surface area contributed by atoms with Gasteiger partial charge >= 0.3 is 0 Å². The number of hydrogen-bond acceptors (Lipinski definition) is 7. The number of methoxy groups -OCH3 is 1. The molecular formula is C15H18Cl2N4O3S2. The van der Waals surface area contributed by atoms with Gasteiger partial charge < -0.3 is 9.64 Å². The zero-order chi connectivity index (χ0) is 19.3. The van der Waals surface area contributed by atoms with Crippen LogP contribution in [-0.2, 0) is 10.0 Å². The minimum absolute atomic E-state index is 0.0273. The van der Waals surface area contributed by atoms with Gasteiger partial charge in [0.15, 0.2) is 0 Å². The van der Waals surface area contributed by atoms with E-state index in [0.29, 0.717) is 5.03 Å². The molecule has 2 rings (SSSR count). The van der Waals surface area contributed by atoms with Crippen LogP contribution in [0.25, 0.3) is 0 Å². The number of anilines is 1. The van der Waals surface area contributed by atoms with Gasteiger partial charge in [-0.2, -0.15) is 0 Å². The molecule has 1 aromatic carbocycles. The number of halogens is 2. The van der Waals surface area contributed by atoms with Gasteiger partial charge in [-0.15, -0.1) is 11.8 Å². The Morgan fingerprint density at radius 2 is 2.04 bits per heavy atom. The van der Waals surface area contributed by atoms with E-state index < -0.39 is 10.0 Å². The lowest BCUT2D eigenvalue weighted by Crippen LogP contribution is -2.16. The molecule has 2 aromatic rings. The molecule has 0 aliphatic rings. The summed E-state index contributed by atoms with van der Waals surface area (Å²) in [7, 11) is 1.34. The average Bonchev–Trinajstić information content (AvgIpc) is 2.57. The highest BCUT2D eigenvalue weighted by Crippen LogP contribution is 2.31. The maximum absolute atomic E-state index is 12.6. The summed E-state index contributed by atoms with van der Waals surface area (Å²) in [5.41, 5.74) is 0. The third-order valence-corrected chi connectivity index (χ3v) is 6.33. The number of ether oxygens (including phenoxy) is 1. The van der Waals surface area contributed by atoms with Gasteiger partial charge in [0, 0.05) is 12.3 Å². The van der Waals surface area contributed by atoms with Crippen molar-refractivity contribution >= 4 is 50.8 Å². The average molecular weight is 437 g/mol. The number of sulfonamides is 1. The summed E-state index contributed by atoms with van der Waals surface area (Å²) in [4.78, 5) is 10.3. The van der Waals surface area contributed by atoms with Gasteiger partial charge in [-0.25, -0.2) is 18.4 Å². The van der Waals surface area contributed by atoms with Crippen LogP contribution in [0.1, 0.15) is 0 Å². The molecule has 1 N–H and O–H groups in total. The number of nitrogens with zero attached hydrogens (tertiary/aromatic N) is 3. The summed E-state index contributed by atoms with van der Waals surface area (Å²) in [5, 5.41) is 0.706. The molecule has 0 unspecified atom stereocenters. The normalized spacial score (nSPS) is 11.6. The van der Waals surface area contributed by atoms with Crippen LogP contribution in [0.2, 0.25) is 10.0 Å². The second kappa shape index (κ2) is 9.09. The lowest BCUT2D eigenvalue weighted by Gasteiger charge is -2.13. The Bertz CT molecular complexity index is 879. The Morgan fingerprint density at radius 3 is 2.69 bits per heavy atom. The molecule has 7 nitrogen and oxygen atoms in total. The summed E-state index contributed by atoms with van der Waals surface area (Å²) in [6, 6.07) is 4.35. The zero-order valence-electron chi connectivity index (χ0n) is 14.4. The molecule has 0 spiro atoms. The number of hydrogen-bond donors (Lipinski definition) is 1. The van der Waals surface area contributed by atoms with E-state index in [1.165, 1.54) is 43.3 Å². The van der Waals surface area contributed by atoms with Crippen molar-refractivity contribution < 1.29 is 13.2 Å². The smallest absolute Gasteiger partial charge is 0.264 e. The lowest BCUT2D eigenvalue weighted by atomic mass is 10.4. The van der Waals surface area contributed by atoms with Crippen LogP contribution in [0.4, 0.5) is 5.82 Å². The van der Waals surface area contributed by atoms with Crippen LogP contribution in [-0.4, -0.2) is 56.8 Å². The van der Waals surface area contributed by atoms with Gasteiger partial charge in [0.05, 0.1) is 23.4 Å². The van der Waals surface area contributed by atoms with Crippen molar-refractivity contribution in [3.63, 3.8) is 0 Å². The van der Waals surface area contributed by atoms with E-state index in [0.717, 1.165) is 12.3 Å². The Labute approximate surface area is 167 Å². The highest BCUT2D eigenvalue weighted by molar-refractivity contribution is 7.99. The van der Waals surface area contributed by atoms with Gasteiger partial charge in [-0.1, -0.05) is 29.3 Å². The summed E-state index contributed by atoms with van der Waals surface area (Å²) in [6.45, 7) is 0.871. The summed E-state index contributed by atoms with van der Waals surface area (Å²) < 4.78 is 32.7. The second-order valence-electron chi connectivity index (χ2n) is 5.38. The number of rotatable bonds is 8. The topological polar surface area (TPSA) is 84.4 Å². The standard InChI is InChI=1S/C15H18Cl2N4O3S2/c1-21(2)7-8-25-12-9-18-14(15(19-12)24-3)20-26(22,23)11-6-4-5-10(16)13(11)17/h4-6,9H,7-8H2,1-3H3,(H,18,20). The maximum Gasteiger partial charge on any atom is 0.264 e. The summed E-state index contributed by atoms with van der Waals surface area (Å²) >= 11 is 13.4. The largest absolute Gasteiger partial charge is 0.478 e. The number of thioether (sulfide) groups is 1. The van der Waals surface area contributed by atoms with Crippen LogP contribution >= 0.6 is 35.0 Å². The Balaban J connectivity index is 2.24. The molecule has 0 atom stereocenters. The van der Waals surface area contributed by atoms with E-state index in [9.17, 15) is 8.42 Å². The predicted molar refractivity (Wildman–Crippen MR) is 105 cm³/mol. The highest BCUT2D eigenvalue weighted by Gasteiger charge is 2.22. The fraction of sp³-hybridized carbons (Fsp3) is 0.333. The number of aromatic nitrogens is 2. The molecule has 0 aliphatic carbocycles. The quantitative estimate of drug-likeness (QED) is 0.635. The highest BCUT2D eigenvalue weighted by atomic mass is 35.5. The molecule has 0 saturated carbocycles. The fourth-order valence-electron chi connectivity index (χ4n) is 1.85. The molecule has 0 amide bonds. The molecular weight excluding hydrogens is 419 g/mol. The van der Waals surface area contributed by atoms with Gasteiger partial charge in [0.1, 0.15) is 9.92 Å². The van der Waals surface area contributed by atoms with Crippen molar-refractivity contribution in [2.75, 3.05) is 38.2 Å². The van der Waals surface area contributed by atoms with E-state index in [4.69, 9.17) is 27.9 Å². The van der Waals surface area contributed by atoms with Crippen molar-refractivity contribution in [3.8, 4) is 5.88 Å². The van der Waals surface area contributed by atoms with Crippen LogP contribution in [0.15, 0.2) is 34.3 Å². The molecule has 11 heteroatoms. The van der Waals surface area contributed by atoms with Crippen molar-refractivity contribution in [2.45, 2.75) is 9.92 Å². The Kier molecular flexibility index (Phi) is 7.36. The predicted octanol–water partition coefficient (Wildman–Crippen LogP) is 3.25. The lowest BCUT2D eigenvalue weighted by molar-refractivity contribution is 0.394. The molecule has 26 heavy (non-hydrogen) atoms. The molecule has 1 aromatic heterocycles. The molecule has 0 aliphatic heterocycles. The first kappa shape index (κ1) is 21.0. The van der Waals surface area contributed by atoms with Crippen molar-refractivity contribution in [1.82, 2.24) is 14.9 Å². The monoisotopic (exact) mass is 436 g/mol. The van der Waals surface area contributed by atoms with Gasteiger partial charge in [0.25, 0.3) is 15.9 Å². The van der Waals surface area contributed by atoms with Gasteiger partial charge in [-0.3, -0.25) is 4.72 Å². The van der Waals surface area contributed by atoms with Crippen molar-refractivity contribution in [1.29, 1.82) is 0 Å². The van der Waals surface area contributed by atoms with E-state index in [1.54, 1.807) is 0 Å². The van der Waals surface area contributed by atoms with E-state index in [1.807, 2.05) is 14.1 Å². The number of benzene rings is 1. The third-order valence-electron chi connectivity index (χ3n) is 3.14. The van der Waals surface area contributed by atoms with E-state index in [-0.39, 0.29) is 26.6 Å².